The summed E-state index contributed by atoms with van der Waals surface area (Å²) in [6.07, 6.45) is 1.86. The molecular weight excluding hydrogens is 382 g/mol. The van der Waals surface area contributed by atoms with Gasteiger partial charge in [-0.25, -0.2) is 4.98 Å². The molecule has 1 N–H and O–H groups in total. The number of aromatic amines is 1. The summed E-state index contributed by atoms with van der Waals surface area (Å²) >= 11 is 0. The SMILES string of the molecule is N#CC(=Cc1c(OCc2ccccc2)ccc2ccccc12)c1nc2ccccc2[nH]1. The molecule has 4 heteroatoms. The molecule has 0 fully saturated rings. The fourth-order valence-electron chi connectivity index (χ4n) is 3.66. The van der Waals surface area contributed by atoms with Crippen molar-refractivity contribution in [3.05, 3.63) is 108 Å². The van der Waals surface area contributed by atoms with E-state index in [-0.39, 0.29) is 0 Å². The highest BCUT2D eigenvalue weighted by Gasteiger charge is 2.12. The summed E-state index contributed by atoms with van der Waals surface area (Å²) in [4.78, 5) is 7.85. The van der Waals surface area contributed by atoms with Crippen LogP contribution in [0.25, 0.3) is 33.5 Å². The average molecular weight is 401 g/mol. The van der Waals surface area contributed by atoms with Crippen LogP contribution >= 0.6 is 0 Å². The summed E-state index contributed by atoms with van der Waals surface area (Å²) in [5, 5.41) is 12.0. The lowest BCUT2D eigenvalue weighted by Gasteiger charge is -2.12. The van der Waals surface area contributed by atoms with Crippen LogP contribution in [0.3, 0.4) is 0 Å². The molecule has 0 saturated carbocycles. The average Bonchev–Trinajstić information content (AvgIpc) is 3.26. The van der Waals surface area contributed by atoms with Crippen molar-refractivity contribution in [3.63, 3.8) is 0 Å². The standard InChI is InChI=1S/C27H19N3O/c28-17-21(27-29-24-12-6-7-13-25(24)30-27)16-23-22-11-5-4-10-20(22)14-15-26(23)31-18-19-8-2-1-3-9-19/h1-16H,18H2,(H,29,30). The highest BCUT2D eigenvalue weighted by Crippen LogP contribution is 2.32. The quantitative estimate of drug-likeness (QED) is 0.349. The molecule has 0 bridgehead atoms. The summed E-state index contributed by atoms with van der Waals surface area (Å²) < 4.78 is 6.19. The van der Waals surface area contributed by atoms with Gasteiger partial charge in [-0.15, -0.1) is 0 Å². The molecule has 4 aromatic carbocycles. The van der Waals surface area contributed by atoms with E-state index in [4.69, 9.17) is 4.74 Å². The Kier molecular flexibility index (Phi) is 4.92. The van der Waals surface area contributed by atoms with Crippen molar-refractivity contribution in [1.29, 1.82) is 5.26 Å². The smallest absolute Gasteiger partial charge is 0.149 e. The van der Waals surface area contributed by atoms with Crippen LogP contribution in [-0.2, 0) is 6.61 Å². The zero-order valence-corrected chi connectivity index (χ0v) is 16.7. The first-order valence-electron chi connectivity index (χ1n) is 10.1. The van der Waals surface area contributed by atoms with Crippen LogP contribution in [0.15, 0.2) is 91.0 Å². The van der Waals surface area contributed by atoms with Crippen LogP contribution in [0.4, 0.5) is 0 Å². The molecule has 0 aliphatic rings. The number of benzene rings is 4. The molecule has 5 aromatic rings. The number of ether oxygens (including phenoxy) is 1. The number of imidazole rings is 1. The van der Waals surface area contributed by atoms with Gasteiger partial charge < -0.3 is 9.72 Å². The van der Waals surface area contributed by atoms with E-state index in [1.807, 2.05) is 91.0 Å². The zero-order valence-electron chi connectivity index (χ0n) is 16.7. The first kappa shape index (κ1) is 18.7. The minimum absolute atomic E-state index is 0.451. The molecule has 0 atom stereocenters. The third kappa shape index (κ3) is 3.77. The van der Waals surface area contributed by atoms with E-state index < -0.39 is 0 Å². The molecule has 0 aliphatic carbocycles. The Morgan fingerprint density at radius 2 is 1.68 bits per heavy atom. The molecule has 0 spiro atoms. The molecule has 148 valence electrons. The van der Waals surface area contributed by atoms with E-state index in [0.29, 0.717) is 18.0 Å². The Morgan fingerprint density at radius 3 is 2.52 bits per heavy atom. The van der Waals surface area contributed by atoms with Gasteiger partial charge in [-0.3, -0.25) is 0 Å². The number of nitrogens with one attached hydrogen (secondary N) is 1. The minimum atomic E-state index is 0.451. The number of hydrogen-bond donors (Lipinski definition) is 1. The molecular formula is C27H19N3O. The Labute approximate surface area is 180 Å². The second-order valence-corrected chi connectivity index (χ2v) is 7.25. The van der Waals surface area contributed by atoms with Gasteiger partial charge in [0.05, 0.1) is 16.6 Å². The monoisotopic (exact) mass is 401 g/mol. The van der Waals surface area contributed by atoms with E-state index in [1.165, 1.54) is 0 Å². The Balaban J connectivity index is 1.61. The topological polar surface area (TPSA) is 61.7 Å². The number of H-pyrrole nitrogens is 1. The number of nitriles is 1. The number of aromatic nitrogens is 2. The van der Waals surface area contributed by atoms with Gasteiger partial charge in [-0.05, 0) is 40.6 Å². The normalized spacial score (nSPS) is 11.5. The van der Waals surface area contributed by atoms with Gasteiger partial charge >= 0.3 is 0 Å². The van der Waals surface area contributed by atoms with Crippen molar-refractivity contribution >= 4 is 33.5 Å². The lowest BCUT2D eigenvalue weighted by atomic mass is 10.0. The van der Waals surface area contributed by atoms with Crippen molar-refractivity contribution in [2.45, 2.75) is 6.61 Å². The van der Waals surface area contributed by atoms with E-state index in [9.17, 15) is 5.26 Å². The maximum Gasteiger partial charge on any atom is 0.149 e. The lowest BCUT2D eigenvalue weighted by Crippen LogP contribution is -1.98. The summed E-state index contributed by atoms with van der Waals surface area (Å²) in [5.74, 6) is 1.28. The van der Waals surface area contributed by atoms with E-state index in [1.54, 1.807) is 0 Å². The molecule has 5 rings (SSSR count). The number of nitrogens with zero attached hydrogens (tertiary/aromatic N) is 2. The molecule has 0 aliphatic heterocycles. The molecule has 1 heterocycles. The second-order valence-electron chi connectivity index (χ2n) is 7.25. The number of rotatable bonds is 5. The van der Waals surface area contributed by atoms with Gasteiger partial charge in [0.2, 0.25) is 0 Å². The van der Waals surface area contributed by atoms with Gasteiger partial charge in [0.25, 0.3) is 0 Å². The van der Waals surface area contributed by atoms with Crippen molar-refractivity contribution in [2.24, 2.45) is 0 Å². The zero-order chi connectivity index (χ0) is 21.0. The third-order valence-corrected chi connectivity index (χ3v) is 5.22. The van der Waals surface area contributed by atoms with Crippen LogP contribution in [0, 0.1) is 11.3 Å². The van der Waals surface area contributed by atoms with Crippen LogP contribution in [0.5, 0.6) is 5.75 Å². The Hall–Kier alpha value is -4.36. The van der Waals surface area contributed by atoms with Crippen LogP contribution in [-0.4, -0.2) is 9.97 Å². The third-order valence-electron chi connectivity index (χ3n) is 5.22. The first-order chi connectivity index (χ1) is 15.3. The van der Waals surface area contributed by atoms with Crippen molar-refractivity contribution in [2.75, 3.05) is 0 Å². The van der Waals surface area contributed by atoms with Gasteiger partial charge in [-0.2, -0.15) is 5.26 Å². The van der Waals surface area contributed by atoms with Crippen molar-refractivity contribution in [1.82, 2.24) is 9.97 Å². The minimum Gasteiger partial charge on any atom is -0.488 e. The van der Waals surface area contributed by atoms with Crippen LogP contribution in [0.1, 0.15) is 17.0 Å². The maximum atomic E-state index is 9.92. The predicted molar refractivity (Wildman–Crippen MR) is 124 cm³/mol. The molecule has 4 nitrogen and oxygen atoms in total. The predicted octanol–water partition coefficient (Wildman–Crippen LogP) is 6.36. The summed E-state index contributed by atoms with van der Waals surface area (Å²) in [5.41, 5.74) is 4.14. The molecule has 0 unspecified atom stereocenters. The molecule has 0 radical (unpaired) electrons. The maximum absolute atomic E-state index is 9.92. The van der Waals surface area contributed by atoms with Crippen LogP contribution < -0.4 is 4.74 Å². The van der Waals surface area contributed by atoms with Crippen molar-refractivity contribution < 1.29 is 4.74 Å². The lowest BCUT2D eigenvalue weighted by molar-refractivity contribution is 0.306. The molecule has 1 aromatic heterocycles. The fraction of sp³-hybridized carbons (Fsp3) is 0.0370. The molecule has 0 saturated heterocycles. The summed E-state index contributed by atoms with van der Waals surface area (Å²) in [6, 6.07) is 32.2. The Morgan fingerprint density at radius 1 is 0.903 bits per heavy atom. The van der Waals surface area contributed by atoms with Crippen molar-refractivity contribution in [3.8, 4) is 11.8 Å². The van der Waals surface area contributed by atoms with Gasteiger partial charge in [-0.1, -0.05) is 72.8 Å². The van der Waals surface area contributed by atoms with Crippen LogP contribution in [0.2, 0.25) is 0 Å². The highest BCUT2D eigenvalue weighted by molar-refractivity contribution is 6.00. The van der Waals surface area contributed by atoms with Gasteiger partial charge in [0, 0.05) is 5.56 Å². The number of fused-ring (bicyclic) bond motifs is 2. The molecule has 0 amide bonds. The number of para-hydroxylation sites is 2. The van der Waals surface area contributed by atoms with Gasteiger partial charge in [0.15, 0.2) is 0 Å². The van der Waals surface area contributed by atoms with Gasteiger partial charge in [0.1, 0.15) is 24.3 Å². The first-order valence-corrected chi connectivity index (χ1v) is 10.1. The van der Waals surface area contributed by atoms with E-state index in [0.717, 1.165) is 38.7 Å². The van der Waals surface area contributed by atoms with E-state index in [2.05, 4.69) is 22.1 Å². The summed E-state index contributed by atoms with van der Waals surface area (Å²) in [6.45, 7) is 0.451. The second kappa shape index (κ2) is 8.17. The number of hydrogen-bond acceptors (Lipinski definition) is 3. The molecule has 31 heavy (non-hydrogen) atoms. The number of allylic oxidation sites excluding steroid dienone is 1. The highest BCUT2D eigenvalue weighted by atomic mass is 16.5. The fourth-order valence-corrected chi connectivity index (χ4v) is 3.66. The summed E-state index contributed by atoms with van der Waals surface area (Å²) in [7, 11) is 0. The Bertz CT molecular complexity index is 1410. The van der Waals surface area contributed by atoms with E-state index >= 15 is 0 Å². The largest absolute Gasteiger partial charge is 0.488 e.